The normalized spacial score (nSPS) is 23.3. The van der Waals surface area contributed by atoms with E-state index in [0.717, 1.165) is 59.2 Å². The molecule has 2 heterocycles. The quantitative estimate of drug-likeness (QED) is 0.548. The number of hydrogen-bond donors (Lipinski definition) is 2. The van der Waals surface area contributed by atoms with Gasteiger partial charge in [0.05, 0.1) is 17.6 Å². The van der Waals surface area contributed by atoms with Gasteiger partial charge in [-0.1, -0.05) is 6.92 Å². The van der Waals surface area contributed by atoms with Crippen molar-refractivity contribution in [3.63, 3.8) is 0 Å². The fourth-order valence-corrected chi connectivity index (χ4v) is 5.05. The summed E-state index contributed by atoms with van der Waals surface area (Å²) in [7, 11) is 0. The maximum absolute atomic E-state index is 9.30. The van der Waals surface area contributed by atoms with Crippen molar-refractivity contribution in [2.45, 2.75) is 52.0 Å². The van der Waals surface area contributed by atoms with Crippen LogP contribution in [0.3, 0.4) is 0 Å². The van der Waals surface area contributed by atoms with E-state index in [4.69, 9.17) is 15.0 Å². The van der Waals surface area contributed by atoms with E-state index in [0.29, 0.717) is 17.5 Å². The van der Waals surface area contributed by atoms with Gasteiger partial charge in [0, 0.05) is 17.3 Å². The van der Waals surface area contributed by atoms with E-state index in [-0.39, 0.29) is 11.0 Å². The summed E-state index contributed by atoms with van der Waals surface area (Å²) in [4.78, 5) is 9.30. The largest absolute Gasteiger partial charge is 0.437 e. The van der Waals surface area contributed by atoms with Crippen LogP contribution < -0.4 is 10.1 Å². The van der Waals surface area contributed by atoms with E-state index in [2.05, 4.69) is 33.5 Å². The summed E-state index contributed by atoms with van der Waals surface area (Å²) >= 11 is 0. The van der Waals surface area contributed by atoms with Crippen molar-refractivity contribution in [3.05, 3.63) is 40.6 Å². The molecule has 6 rings (SSSR count). The third kappa shape index (κ3) is 3.07. The summed E-state index contributed by atoms with van der Waals surface area (Å²) in [6.45, 7) is 5.97. The van der Waals surface area contributed by atoms with Crippen LogP contribution in [0, 0.1) is 41.9 Å². The van der Waals surface area contributed by atoms with Crippen molar-refractivity contribution in [1.82, 2.24) is 20.2 Å². The zero-order valence-corrected chi connectivity index (χ0v) is 18.3. The van der Waals surface area contributed by atoms with Crippen LogP contribution in [0.5, 0.6) is 11.6 Å². The van der Waals surface area contributed by atoms with Gasteiger partial charge < -0.3 is 10.1 Å². The van der Waals surface area contributed by atoms with Gasteiger partial charge >= 0.3 is 0 Å². The van der Waals surface area contributed by atoms with Crippen molar-refractivity contribution < 1.29 is 4.74 Å². The number of nitrogens with zero attached hydrogens (tertiary/aromatic N) is 5. The van der Waals surface area contributed by atoms with E-state index in [1.165, 1.54) is 6.08 Å². The lowest BCUT2D eigenvalue weighted by Gasteiger charge is -2.66. The Kier molecular flexibility index (Phi) is 4.42. The maximum Gasteiger partial charge on any atom is 0.235 e. The number of anilines is 1. The molecule has 3 aliphatic carbocycles. The Morgan fingerprint density at radius 3 is 2.69 bits per heavy atom. The summed E-state index contributed by atoms with van der Waals surface area (Å²) < 4.78 is 6.41. The van der Waals surface area contributed by atoms with Gasteiger partial charge in [-0.3, -0.25) is 5.10 Å². The van der Waals surface area contributed by atoms with Gasteiger partial charge in [0.25, 0.3) is 0 Å². The molecule has 1 aromatic carbocycles. The summed E-state index contributed by atoms with van der Waals surface area (Å²) in [5, 5.41) is 29.6. The Labute approximate surface area is 185 Å². The molecule has 8 nitrogen and oxygen atoms in total. The van der Waals surface area contributed by atoms with Gasteiger partial charge in [0.1, 0.15) is 11.1 Å². The number of ether oxygens (including phenoxy) is 1. The number of fused-ring (bicyclic) bond motifs is 1. The van der Waals surface area contributed by atoms with Gasteiger partial charge in [0.2, 0.25) is 11.8 Å². The molecule has 0 unspecified atom stereocenters. The van der Waals surface area contributed by atoms with E-state index < -0.39 is 0 Å². The van der Waals surface area contributed by atoms with Crippen molar-refractivity contribution in [2.24, 2.45) is 5.41 Å². The predicted octanol–water partition coefficient (Wildman–Crippen LogP) is 4.72. The predicted molar refractivity (Wildman–Crippen MR) is 120 cm³/mol. The molecule has 0 atom stereocenters. The SMILES string of the molecule is CCc1cc(/C=C/C#N)cc(C)c1Oc1nc(NC23CC(C#N)(C2)C3)nc2n[nH]c(C)c12. The lowest BCUT2D eigenvalue weighted by Crippen LogP contribution is -2.70. The minimum atomic E-state index is -0.159. The topological polar surface area (TPSA) is 123 Å². The number of aromatic nitrogens is 4. The molecule has 3 aliphatic rings. The molecule has 0 spiro atoms. The molecule has 3 fully saturated rings. The van der Waals surface area contributed by atoms with Gasteiger partial charge in [-0.25, -0.2) is 0 Å². The summed E-state index contributed by atoms with van der Waals surface area (Å²) in [5.74, 6) is 1.67. The molecule has 0 radical (unpaired) electrons. The number of nitriles is 2. The van der Waals surface area contributed by atoms with Crippen molar-refractivity contribution in [2.75, 3.05) is 5.32 Å². The molecular weight excluding hydrogens is 402 g/mol. The molecule has 0 aliphatic heterocycles. The first-order valence-electron chi connectivity index (χ1n) is 10.7. The minimum absolute atomic E-state index is 0.0920. The fourth-order valence-electron chi connectivity index (χ4n) is 5.05. The van der Waals surface area contributed by atoms with Crippen LogP contribution in [-0.2, 0) is 6.42 Å². The molecule has 2 bridgehead atoms. The zero-order chi connectivity index (χ0) is 22.5. The molecule has 160 valence electrons. The standard InChI is InChI=1S/C24H23N7O/c1-4-17-9-16(6-5-7-25)8-14(2)19(17)32-21-18-15(3)30-31-20(18)27-22(28-21)29-24-10-23(11-24,12-24)13-26/h5-6,8-9H,4,10-12H2,1-3H3,(H2,27,28,29,30,31)/b6-5+. The average Bonchev–Trinajstić information content (AvgIpc) is 3.10. The molecule has 8 heteroatoms. The first-order chi connectivity index (χ1) is 15.4. The second-order valence-electron chi connectivity index (χ2n) is 8.97. The molecule has 2 aromatic heterocycles. The van der Waals surface area contributed by atoms with Gasteiger partial charge in [-0.15, -0.1) is 0 Å². The van der Waals surface area contributed by atoms with Crippen molar-refractivity contribution in [3.8, 4) is 23.8 Å². The summed E-state index contributed by atoms with van der Waals surface area (Å²) in [6.07, 6.45) is 6.50. The molecule has 0 amide bonds. The molecule has 0 saturated heterocycles. The van der Waals surface area contributed by atoms with Crippen LogP contribution in [0.2, 0.25) is 0 Å². The number of aryl methyl sites for hydroxylation is 3. The molecule has 2 N–H and O–H groups in total. The van der Waals surface area contributed by atoms with E-state index in [9.17, 15) is 5.26 Å². The molecule has 3 aromatic rings. The van der Waals surface area contributed by atoms with Crippen molar-refractivity contribution >= 4 is 23.1 Å². The lowest BCUT2D eigenvalue weighted by molar-refractivity contribution is -0.0665. The second kappa shape index (κ2) is 7.06. The Morgan fingerprint density at radius 2 is 2.00 bits per heavy atom. The van der Waals surface area contributed by atoms with E-state index in [1.807, 2.05) is 32.0 Å². The van der Waals surface area contributed by atoms with Crippen LogP contribution in [0.1, 0.15) is 48.6 Å². The molecule has 32 heavy (non-hydrogen) atoms. The third-order valence-corrected chi connectivity index (χ3v) is 6.51. The summed E-state index contributed by atoms with van der Waals surface area (Å²) in [6, 6.07) is 8.47. The van der Waals surface area contributed by atoms with E-state index in [1.54, 1.807) is 6.08 Å². The smallest absolute Gasteiger partial charge is 0.235 e. The highest BCUT2D eigenvalue weighted by molar-refractivity contribution is 5.84. The van der Waals surface area contributed by atoms with Gasteiger partial charge in [0.15, 0.2) is 5.65 Å². The second-order valence-corrected chi connectivity index (χ2v) is 8.97. The van der Waals surface area contributed by atoms with Crippen LogP contribution in [0.15, 0.2) is 18.2 Å². The maximum atomic E-state index is 9.30. The number of allylic oxidation sites excluding steroid dienone is 1. The molecule has 3 saturated carbocycles. The van der Waals surface area contributed by atoms with Crippen LogP contribution in [0.4, 0.5) is 5.95 Å². The third-order valence-electron chi connectivity index (χ3n) is 6.51. The monoisotopic (exact) mass is 425 g/mol. The highest BCUT2D eigenvalue weighted by atomic mass is 16.5. The zero-order valence-electron chi connectivity index (χ0n) is 18.3. The first-order valence-corrected chi connectivity index (χ1v) is 10.7. The number of hydrogen-bond acceptors (Lipinski definition) is 7. The van der Waals surface area contributed by atoms with E-state index >= 15 is 0 Å². The number of benzene rings is 1. The first kappa shape index (κ1) is 20.0. The Morgan fingerprint density at radius 1 is 1.22 bits per heavy atom. The Bertz CT molecular complexity index is 1340. The average molecular weight is 425 g/mol. The number of rotatable bonds is 6. The lowest BCUT2D eigenvalue weighted by atomic mass is 9.40. The van der Waals surface area contributed by atoms with Crippen LogP contribution in [-0.4, -0.2) is 25.7 Å². The van der Waals surface area contributed by atoms with Crippen LogP contribution >= 0.6 is 0 Å². The van der Waals surface area contributed by atoms with Crippen molar-refractivity contribution in [1.29, 1.82) is 10.5 Å². The Balaban J connectivity index is 1.52. The Hall–Kier alpha value is -3.91. The fraction of sp³-hybridized carbons (Fsp3) is 0.375. The number of aromatic amines is 1. The van der Waals surface area contributed by atoms with Gasteiger partial charge in [-0.2, -0.15) is 25.6 Å². The number of nitrogens with one attached hydrogen (secondary N) is 2. The molecular formula is C24H23N7O. The van der Waals surface area contributed by atoms with Gasteiger partial charge in [-0.05, 0) is 74.4 Å². The summed E-state index contributed by atoms with van der Waals surface area (Å²) in [5.41, 5.74) is 4.07. The number of H-pyrrole nitrogens is 1. The minimum Gasteiger partial charge on any atom is -0.437 e. The highest BCUT2D eigenvalue weighted by Crippen LogP contribution is 2.67. The highest BCUT2D eigenvalue weighted by Gasteiger charge is 2.69. The van der Waals surface area contributed by atoms with Crippen LogP contribution in [0.25, 0.3) is 17.1 Å².